The molecule has 0 bridgehead atoms. The van der Waals surface area contributed by atoms with E-state index in [1.807, 2.05) is 42.3 Å². The Balaban J connectivity index is 1.77. The molecule has 1 aromatic rings. The predicted octanol–water partition coefficient (Wildman–Crippen LogP) is 1.12. The van der Waals surface area contributed by atoms with Gasteiger partial charge in [-0.3, -0.25) is 4.90 Å². The van der Waals surface area contributed by atoms with E-state index in [4.69, 9.17) is 9.57 Å². The van der Waals surface area contributed by atoms with Crippen LogP contribution >= 0.6 is 0 Å². The molecule has 0 aliphatic carbocycles. The molecule has 0 radical (unpaired) electrons. The number of likely N-dealkylation sites (N-methyl/N-ethyl adjacent to an activating group) is 1. The fourth-order valence-corrected chi connectivity index (χ4v) is 2.35. The number of nitrogens with zero attached hydrogens (tertiary/aromatic N) is 2. The zero-order valence-electron chi connectivity index (χ0n) is 12.0. The number of hydrogen-bond acceptors (Lipinski definition) is 5. The summed E-state index contributed by atoms with van der Waals surface area (Å²) in [6, 6.07) is 10.1. The lowest BCUT2D eigenvalue weighted by Crippen LogP contribution is -2.36. The molecule has 110 valence electrons. The number of ether oxygens (including phenoxy) is 1. The van der Waals surface area contributed by atoms with E-state index in [0.717, 1.165) is 24.2 Å². The molecule has 2 atom stereocenters. The van der Waals surface area contributed by atoms with Crippen molar-refractivity contribution < 1.29 is 14.7 Å². The first-order chi connectivity index (χ1) is 9.69. The molecular formula is C15H22N2O3. The van der Waals surface area contributed by atoms with E-state index in [0.29, 0.717) is 13.2 Å². The number of aliphatic hydroxyl groups excluding tert-OH is 1. The maximum Gasteiger partial charge on any atom is 0.145 e. The summed E-state index contributed by atoms with van der Waals surface area (Å²) >= 11 is 0. The van der Waals surface area contributed by atoms with Crippen molar-refractivity contribution >= 4 is 5.71 Å². The van der Waals surface area contributed by atoms with Crippen LogP contribution in [0.2, 0.25) is 0 Å². The number of hydrogen-bond donors (Lipinski definition) is 1. The highest BCUT2D eigenvalue weighted by molar-refractivity contribution is 6.01. The van der Waals surface area contributed by atoms with Crippen LogP contribution in [0.25, 0.3) is 0 Å². The minimum Gasteiger partial charge on any atom is -0.390 e. The third-order valence-electron chi connectivity index (χ3n) is 3.24. The molecule has 0 saturated heterocycles. The minimum atomic E-state index is -0.471. The summed E-state index contributed by atoms with van der Waals surface area (Å²) in [4.78, 5) is 7.51. The number of aliphatic hydroxyl groups is 1. The van der Waals surface area contributed by atoms with E-state index in [1.54, 1.807) is 7.11 Å². The molecule has 20 heavy (non-hydrogen) atoms. The summed E-state index contributed by atoms with van der Waals surface area (Å²) in [5.74, 6) is 0. The molecule has 0 unspecified atom stereocenters. The van der Waals surface area contributed by atoms with Gasteiger partial charge in [0, 0.05) is 26.6 Å². The minimum absolute atomic E-state index is 0.0463. The van der Waals surface area contributed by atoms with Gasteiger partial charge in [0.1, 0.15) is 6.10 Å². The largest absolute Gasteiger partial charge is 0.390 e. The first-order valence-electron chi connectivity index (χ1n) is 6.82. The molecule has 1 heterocycles. The van der Waals surface area contributed by atoms with Crippen LogP contribution in [0.3, 0.4) is 0 Å². The molecule has 0 saturated carbocycles. The molecule has 5 nitrogen and oxygen atoms in total. The summed E-state index contributed by atoms with van der Waals surface area (Å²) in [5.41, 5.74) is 2.10. The molecule has 0 fully saturated rings. The molecule has 1 aliphatic heterocycles. The molecule has 0 aromatic heterocycles. The monoisotopic (exact) mass is 278 g/mol. The number of oxime groups is 1. The third kappa shape index (κ3) is 4.30. The average Bonchev–Trinajstić information content (AvgIpc) is 2.88. The zero-order valence-corrected chi connectivity index (χ0v) is 12.0. The first kappa shape index (κ1) is 15.0. The van der Waals surface area contributed by atoms with Gasteiger partial charge >= 0.3 is 0 Å². The van der Waals surface area contributed by atoms with Crippen molar-refractivity contribution in [2.45, 2.75) is 18.6 Å². The normalized spacial score (nSPS) is 19.8. The van der Waals surface area contributed by atoms with E-state index < -0.39 is 6.10 Å². The van der Waals surface area contributed by atoms with E-state index in [1.165, 1.54) is 0 Å². The Labute approximate surface area is 119 Å². The third-order valence-corrected chi connectivity index (χ3v) is 3.24. The Bertz CT molecular complexity index is 436. The maximum absolute atomic E-state index is 9.69. The highest BCUT2D eigenvalue weighted by atomic mass is 16.6. The SMILES string of the molecule is COC[C@@H](O)CN(C)C[C@@H]1CC(c2ccccc2)=NO1. The van der Waals surface area contributed by atoms with Gasteiger partial charge in [0.2, 0.25) is 0 Å². The van der Waals surface area contributed by atoms with Crippen molar-refractivity contribution in [2.24, 2.45) is 5.16 Å². The Kier molecular flexibility index (Phi) is 5.52. The fourth-order valence-electron chi connectivity index (χ4n) is 2.35. The Morgan fingerprint density at radius 3 is 2.90 bits per heavy atom. The van der Waals surface area contributed by atoms with Gasteiger partial charge in [-0.05, 0) is 12.6 Å². The van der Waals surface area contributed by atoms with E-state index in [2.05, 4.69) is 5.16 Å². The van der Waals surface area contributed by atoms with Gasteiger partial charge in [0.15, 0.2) is 0 Å². The summed E-state index contributed by atoms with van der Waals surface area (Å²) in [5, 5.41) is 13.8. The van der Waals surface area contributed by atoms with Crippen molar-refractivity contribution in [1.82, 2.24) is 4.90 Å². The van der Waals surface area contributed by atoms with Crippen molar-refractivity contribution in [1.29, 1.82) is 0 Å². The Hall–Kier alpha value is -1.43. The van der Waals surface area contributed by atoms with E-state index >= 15 is 0 Å². The molecule has 1 aliphatic rings. The number of methoxy groups -OCH3 is 1. The Morgan fingerprint density at radius 2 is 2.20 bits per heavy atom. The lowest BCUT2D eigenvalue weighted by atomic mass is 10.1. The molecule has 1 N–H and O–H groups in total. The van der Waals surface area contributed by atoms with Crippen molar-refractivity contribution in [2.75, 3.05) is 33.9 Å². The van der Waals surface area contributed by atoms with Gasteiger partial charge in [-0.25, -0.2) is 0 Å². The molecule has 5 heteroatoms. The summed E-state index contributed by atoms with van der Waals surface area (Å²) in [6.45, 7) is 1.65. The van der Waals surface area contributed by atoms with E-state index in [-0.39, 0.29) is 6.10 Å². The smallest absolute Gasteiger partial charge is 0.145 e. The second-order valence-corrected chi connectivity index (χ2v) is 5.17. The zero-order chi connectivity index (χ0) is 14.4. The second-order valence-electron chi connectivity index (χ2n) is 5.17. The van der Waals surface area contributed by atoms with Gasteiger partial charge in [-0.1, -0.05) is 35.5 Å². The van der Waals surface area contributed by atoms with Gasteiger partial charge in [-0.15, -0.1) is 0 Å². The maximum atomic E-state index is 9.69. The number of benzene rings is 1. The summed E-state index contributed by atoms with van der Waals surface area (Å²) in [6.07, 6.45) is 0.375. The van der Waals surface area contributed by atoms with Crippen LogP contribution in [-0.4, -0.2) is 61.8 Å². The summed E-state index contributed by atoms with van der Waals surface area (Å²) < 4.78 is 4.92. The molecule has 2 rings (SSSR count). The fraction of sp³-hybridized carbons (Fsp3) is 0.533. The summed E-state index contributed by atoms with van der Waals surface area (Å²) in [7, 11) is 3.55. The van der Waals surface area contributed by atoms with Gasteiger partial charge in [-0.2, -0.15) is 0 Å². The molecular weight excluding hydrogens is 256 g/mol. The van der Waals surface area contributed by atoms with Crippen LogP contribution in [0.1, 0.15) is 12.0 Å². The van der Waals surface area contributed by atoms with Crippen LogP contribution in [0, 0.1) is 0 Å². The quantitative estimate of drug-likeness (QED) is 0.812. The van der Waals surface area contributed by atoms with Crippen molar-refractivity contribution in [3.05, 3.63) is 35.9 Å². The lowest BCUT2D eigenvalue weighted by Gasteiger charge is -2.22. The van der Waals surface area contributed by atoms with Gasteiger partial charge < -0.3 is 14.7 Å². The molecule has 0 amide bonds. The number of rotatable bonds is 7. The standard InChI is InChI=1S/C15H22N2O3/c1-17(9-13(18)11-19-2)10-14-8-15(16-20-14)12-6-4-3-5-7-12/h3-7,13-14,18H,8-11H2,1-2H3/t13-,14-/m0/s1. The van der Waals surface area contributed by atoms with Crippen molar-refractivity contribution in [3.63, 3.8) is 0 Å². The van der Waals surface area contributed by atoms with Crippen LogP contribution in [0.15, 0.2) is 35.5 Å². The van der Waals surface area contributed by atoms with Crippen LogP contribution in [0.4, 0.5) is 0 Å². The van der Waals surface area contributed by atoms with E-state index in [9.17, 15) is 5.11 Å². The van der Waals surface area contributed by atoms with Gasteiger partial charge in [0.05, 0.1) is 18.4 Å². The molecule has 0 spiro atoms. The van der Waals surface area contributed by atoms with Gasteiger partial charge in [0.25, 0.3) is 0 Å². The van der Waals surface area contributed by atoms with Crippen LogP contribution in [-0.2, 0) is 9.57 Å². The average molecular weight is 278 g/mol. The topological polar surface area (TPSA) is 54.3 Å². The second kappa shape index (κ2) is 7.38. The highest BCUT2D eigenvalue weighted by Crippen LogP contribution is 2.17. The van der Waals surface area contributed by atoms with Crippen molar-refractivity contribution in [3.8, 4) is 0 Å². The van der Waals surface area contributed by atoms with Crippen LogP contribution < -0.4 is 0 Å². The predicted molar refractivity (Wildman–Crippen MR) is 77.8 cm³/mol. The Morgan fingerprint density at radius 1 is 1.45 bits per heavy atom. The lowest BCUT2D eigenvalue weighted by molar-refractivity contribution is 0.0198. The van der Waals surface area contributed by atoms with Crippen LogP contribution in [0.5, 0.6) is 0 Å². The highest BCUT2D eigenvalue weighted by Gasteiger charge is 2.23. The molecule has 1 aromatic carbocycles. The first-order valence-corrected chi connectivity index (χ1v) is 6.82.